The van der Waals surface area contributed by atoms with Gasteiger partial charge in [0.25, 0.3) is 5.69 Å². The first kappa shape index (κ1) is 49.5. The number of amides is 3. The first-order valence-corrected chi connectivity index (χ1v) is 25.5. The van der Waals surface area contributed by atoms with Gasteiger partial charge in [-0.2, -0.15) is 0 Å². The smallest absolute Gasteiger partial charge is 0.421 e. The summed E-state index contributed by atoms with van der Waals surface area (Å²) >= 11 is 0. The number of hydrogen-bond acceptors (Lipinski definition) is 14. The molecule has 76 heavy (non-hydrogen) atoms. The van der Waals surface area contributed by atoms with E-state index in [-0.39, 0.29) is 49.8 Å². The Hall–Kier alpha value is -8.72. The third-order valence-corrected chi connectivity index (χ3v) is 15.0. The molecule has 3 fully saturated rings. The summed E-state index contributed by atoms with van der Waals surface area (Å²) in [5, 5.41) is 21.4. The number of esters is 1. The van der Waals surface area contributed by atoms with Gasteiger partial charge in [-0.3, -0.25) is 29.4 Å². The number of carbonyl (C=O) groups is 4. The predicted molar refractivity (Wildman–Crippen MR) is 278 cm³/mol. The van der Waals surface area contributed by atoms with Crippen LogP contribution in [0.2, 0.25) is 0 Å². The lowest BCUT2D eigenvalue weighted by molar-refractivity contribution is -0.384. The van der Waals surface area contributed by atoms with Crippen molar-refractivity contribution in [2.75, 3.05) is 49.2 Å². The highest BCUT2D eigenvalue weighted by Gasteiger charge is 2.76. The SMILES string of the molecule is O=C1O[C@@H](c2ccccc2)[C@@H](c2ccccc2)N2[C@@H](c3cccc(OCCO)c3)[C@]3(C(=O)N(C(=O)OCc4ccc([N+](=O)[O-])cc4)c4ccc(C#CC5=CCCCC5)cc43)[C@@H](C(=O)N3CCN(c4ncccn4)CC3)[C@H]12. The largest absolute Gasteiger partial charge is 0.491 e. The number of aromatic nitrogens is 2. The monoisotopic (exact) mass is 1020 g/mol. The normalized spacial score (nSPS) is 22.9. The third kappa shape index (κ3) is 9.09. The Balaban J connectivity index is 1.15. The van der Waals surface area contributed by atoms with Crippen LogP contribution >= 0.6 is 0 Å². The van der Waals surface area contributed by atoms with Crippen molar-refractivity contribution in [3.8, 4) is 17.6 Å². The maximum atomic E-state index is 16.9. The number of imide groups is 1. The van der Waals surface area contributed by atoms with Crippen LogP contribution in [-0.2, 0) is 35.9 Å². The molecular weight excluding hydrogens is 967 g/mol. The summed E-state index contributed by atoms with van der Waals surface area (Å²) in [5.41, 5.74) is 1.96. The highest BCUT2D eigenvalue weighted by molar-refractivity contribution is 6.23. The summed E-state index contributed by atoms with van der Waals surface area (Å²) < 4.78 is 18.7. The molecule has 1 spiro atoms. The number of morpholine rings is 1. The molecule has 11 rings (SSSR count). The number of piperazine rings is 1. The van der Waals surface area contributed by atoms with Crippen molar-refractivity contribution in [1.29, 1.82) is 0 Å². The number of aliphatic hydroxyl groups excluding tert-OH is 1. The van der Waals surface area contributed by atoms with Gasteiger partial charge >= 0.3 is 12.1 Å². The third-order valence-electron chi connectivity index (χ3n) is 15.0. The van der Waals surface area contributed by atoms with Crippen molar-refractivity contribution in [2.24, 2.45) is 5.92 Å². The van der Waals surface area contributed by atoms with Gasteiger partial charge in [-0.05, 0) is 108 Å². The topological polar surface area (TPSA) is 198 Å². The molecule has 0 bridgehead atoms. The van der Waals surface area contributed by atoms with Gasteiger partial charge in [-0.25, -0.2) is 19.7 Å². The molecule has 1 aliphatic carbocycles. The van der Waals surface area contributed by atoms with Crippen LogP contribution in [0.15, 0.2) is 158 Å². The lowest BCUT2D eigenvalue weighted by atomic mass is 9.64. The van der Waals surface area contributed by atoms with Crippen molar-refractivity contribution < 1.29 is 43.4 Å². The van der Waals surface area contributed by atoms with E-state index in [1.54, 1.807) is 59.8 Å². The minimum absolute atomic E-state index is 0.0453. The molecule has 5 aliphatic rings. The van der Waals surface area contributed by atoms with Crippen molar-refractivity contribution in [2.45, 2.75) is 61.9 Å². The second-order valence-electron chi connectivity index (χ2n) is 19.3. The quantitative estimate of drug-likeness (QED) is 0.0568. The van der Waals surface area contributed by atoms with Gasteiger partial charge in [0.2, 0.25) is 17.8 Å². The van der Waals surface area contributed by atoms with Gasteiger partial charge in [0.05, 0.1) is 35.2 Å². The Labute approximate surface area is 438 Å². The fourth-order valence-corrected chi connectivity index (χ4v) is 11.7. The van der Waals surface area contributed by atoms with Crippen LogP contribution in [0.1, 0.15) is 77.3 Å². The Morgan fingerprint density at radius 1 is 0.803 bits per heavy atom. The van der Waals surface area contributed by atoms with Crippen LogP contribution in [0.4, 0.5) is 22.1 Å². The van der Waals surface area contributed by atoms with E-state index in [1.807, 2.05) is 76.5 Å². The van der Waals surface area contributed by atoms with Gasteiger partial charge in [0, 0.05) is 56.3 Å². The zero-order chi connectivity index (χ0) is 52.3. The molecule has 3 amide bonds. The van der Waals surface area contributed by atoms with E-state index in [2.05, 4.69) is 27.9 Å². The number of benzene rings is 5. The van der Waals surface area contributed by atoms with E-state index in [4.69, 9.17) is 14.2 Å². The molecule has 5 aromatic carbocycles. The number of rotatable bonds is 11. The van der Waals surface area contributed by atoms with E-state index >= 15 is 19.2 Å². The second-order valence-corrected chi connectivity index (χ2v) is 19.3. The average molecular weight is 1020 g/mol. The Morgan fingerprint density at radius 2 is 1.53 bits per heavy atom. The first-order valence-electron chi connectivity index (χ1n) is 25.5. The molecule has 6 aromatic rings. The van der Waals surface area contributed by atoms with E-state index in [0.717, 1.165) is 41.7 Å². The van der Waals surface area contributed by atoms with E-state index in [9.17, 15) is 15.2 Å². The summed E-state index contributed by atoms with van der Waals surface area (Å²) in [6.07, 6.45) is 7.19. The molecule has 5 heterocycles. The molecule has 0 saturated carbocycles. The van der Waals surface area contributed by atoms with E-state index < -0.39 is 64.4 Å². The molecule has 17 heteroatoms. The number of nitro benzene ring substituents is 1. The standard InChI is InChI=1S/C59H53N7O10/c67-34-35-74-46-19-10-18-44(37-46)53-59(47-36-40(21-20-39-12-4-1-5-13-39)24-27-48(47)64(56(59)70)58(71)75-38-41-22-25-45(26-23-41)66(72)73)49(54(68)62-30-32-63(33-31-62)57-60-28-11-29-61-57)51-55(69)76-52(43-16-8-3-9-17-43)50(65(51)53)42-14-6-2-7-15-42/h2-3,6-12,14-19,22-29,36-37,49-53,67H,1,4-5,13,30-35,38H2/t49-,50-,51-,52+,53+,59-/m1/s1. The maximum Gasteiger partial charge on any atom is 0.421 e. The zero-order valence-electron chi connectivity index (χ0n) is 41.4. The summed E-state index contributed by atoms with van der Waals surface area (Å²) in [5.74, 6) is 3.94. The summed E-state index contributed by atoms with van der Waals surface area (Å²) in [6, 6.07) is 34.8. The number of cyclic esters (lactones) is 1. The molecule has 3 saturated heterocycles. The number of fused-ring (bicyclic) bond motifs is 3. The number of anilines is 2. The van der Waals surface area contributed by atoms with Crippen LogP contribution in [0, 0.1) is 27.9 Å². The number of hydrogen-bond donors (Lipinski definition) is 1. The van der Waals surface area contributed by atoms with E-state index in [1.165, 1.54) is 24.3 Å². The van der Waals surface area contributed by atoms with Crippen LogP contribution in [-0.4, -0.2) is 99.1 Å². The van der Waals surface area contributed by atoms with Crippen LogP contribution in [0.3, 0.4) is 0 Å². The average Bonchev–Trinajstić information content (AvgIpc) is 3.85. The van der Waals surface area contributed by atoms with Crippen LogP contribution in [0.25, 0.3) is 0 Å². The fourth-order valence-electron chi connectivity index (χ4n) is 11.7. The molecule has 0 unspecified atom stereocenters. The molecule has 384 valence electrons. The van der Waals surface area contributed by atoms with Gasteiger partial charge in [-0.15, -0.1) is 0 Å². The number of nitrogens with zero attached hydrogens (tertiary/aromatic N) is 7. The Bertz CT molecular complexity index is 3270. The fraction of sp³-hybridized carbons (Fsp3) is 0.288. The van der Waals surface area contributed by atoms with Crippen LogP contribution < -0.4 is 14.5 Å². The van der Waals surface area contributed by atoms with Gasteiger partial charge in [0.1, 0.15) is 36.5 Å². The molecule has 1 aromatic heterocycles. The Kier molecular flexibility index (Phi) is 13.8. The number of non-ortho nitro benzene ring substituents is 1. The first-order chi connectivity index (χ1) is 37.1. The van der Waals surface area contributed by atoms with Gasteiger partial charge in [-0.1, -0.05) is 90.7 Å². The van der Waals surface area contributed by atoms with Gasteiger partial charge < -0.3 is 29.1 Å². The molecule has 4 aliphatic heterocycles. The lowest BCUT2D eigenvalue weighted by Crippen LogP contribution is -2.59. The molecule has 0 radical (unpaired) electrons. The summed E-state index contributed by atoms with van der Waals surface area (Å²) in [6.45, 7) is 0.351. The molecule has 6 atom stereocenters. The minimum atomic E-state index is -2.10. The summed E-state index contributed by atoms with van der Waals surface area (Å²) in [7, 11) is 0. The van der Waals surface area contributed by atoms with Crippen molar-refractivity contribution in [3.63, 3.8) is 0 Å². The zero-order valence-corrected chi connectivity index (χ0v) is 41.4. The second kappa shape index (κ2) is 21.3. The van der Waals surface area contributed by atoms with Crippen molar-refractivity contribution in [3.05, 3.63) is 201 Å². The van der Waals surface area contributed by atoms with E-state index in [0.29, 0.717) is 47.0 Å². The number of allylic oxidation sites excluding steroid dienone is 2. The highest BCUT2D eigenvalue weighted by atomic mass is 16.6. The number of aliphatic hydroxyl groups is 1. The number of carbonyl (C=O) groups excluding carboxylic acids is 4. The summed E-state index contributed by atoms with van der Waals surface area (Å²) in [4.78, 5) is 90.5. The lowest BCUT2D eigenvalue weighted by Gasteiger charge is -2.46. The molecular formula is C59H53N7O10. The number of ether oxygens (including phenoxy) is 3. The predicted octanol–water partition coefficient (Wildman–Crippen LogP) is 7.96. The minimum Gasteiger partial charge on any atom is -0.491 e. The van der Waals surface area contributed by atoms with Crippen LogP contribution in [0.5, 0.6) is 5.75 Å². The van der Waals surface area contributed by atoms with Crippen molar-refractivity contribution in [1.82, 2.24) is 19.8 Å². The van der Waals surface area contributed by atoms with Gasteiger partial charge in [0.15, 0.2) is 0 Å². The molecule has 17 nitrogen and oxygen atoms in total. The maximum absolute atomic E-state index is 16.9. The highest BCUT2D eigenvalue weighted by Crippen LogP contribution is 2.66. The Morgan fingerprint density at radius 3 is 2.22 bits per heavy atom. The number of nitro groups is 1. The van der Waals surface area contributed by atoms with Crippen molar-refractivity contribution >= 4 is 41.2 Å². The molecule has 1 N–H and O–H groups in total.